The second kappa shape index (κ2) is 14.7. The summed E-state index contributed by atoms with van der Waals surface area (Å²) in [6.45, 7) is 0. The van der Waals surface area contributed by atoms with Crippen LogP contribution in [0.2, 0.25) is 0 Å². The van der Waals surface area contributed by atoms with E-state index < -0.39 is 0 Å². The first-order chi connectivity index (χ1) is 30.7. The highest BCUT2D eigenvalue weighted by Crippen LogP contribution is 2.40. The highest BCUT2D eigenvalue weighted by atomic mass is 16.3. The highest BCUT2D eigenvalue weighted by molar-refractivity contribution is 6.17. The third-order valence-electron chi connectivity index (χ3n) is 11.8. The molecule has 62 heavy (non-hydrogen) atoms. The van der Waals surface area contributed by atoms with Crippen LogP contribution >= 0.6 is 0 Å². The normalized spacial score (nSPS) is 11.5. The lowest BCUT2D eigenvalue weighted by Gasteiger charge is -2.10. The zero-order chi connectivity index (χ0) is 41.0. The van der Waals surface area contributed by atoms with Crippen molar-refractivity contribution < 1.29 is 4.42 Å². The topological polar surface area (TPSA) is 56.7 Å². The number of nitrogens with zero attached hydrogens (tertiary/aromatic N) is 4. The molecule has 0 bridgehead atoms. The third-order valence-corrected chi connectivity index (χ3v) is 11.8. The van der Waals surface area contributed by atoms with Crippen molar-refractivity contribution in [2.45, 2.75) is 0 Å². The van der Waals surface area contributed by atoms with Crippen LogP contribution in [0.5, 0.6) is 0 Å². The maximum atomic E-state index is 6.71. The molecule has 290 valence electrons. The Morgan fingerprint density at radius 2 is 0.742 bits per heavy atom. The summed E-state index contributed by atoms with van der Waals surface area (Å²) in [7, 11) is 0. The van der Waals surface area contributed by atoms with E-state index in [-0.39, 0.29) is 0 Å². The van der Waals surface area contributed by atoms with Gasteiger partial charge in [-0.15, -0.1) is 0 Å². The van der Waals surface area contributed by atoms with Crippen molar-refractivity contribution in [2.75, 3.05) is 0 Å². The number of furan rings is 1. The molecule has 9 aromatic carbocycles. The van der Waals surface area contributed by atoms with Crippen LogP contribution < -0.4 is 0 Å². The first-order valence-electron chi connectivity index (χ1n) is 20.8. The third kappa shape index (κ3) is 6.23. The summed E-state index contributed by atoms with van der Waals surface area (Å²) >= 11 is 0. The Morgan fingerprint density at radius 1 is 0.274 bits per heavy atom. The molecule has 0 spiro atoms. The van der Waals surface area contributed by atoms with Gasteiger partial charge in [0.25, 0.3) is 0 Å². The predicted molar refractivity (Wildman–Crippen MR) is 254 cm³/mol. The van der Waals surface area contributed by atoms with Gasteiger partial charge in [-0.1, -0.05) is 164 Å². The minimum absolute atomic E-state index is 0.583. The molecular weight excluding hydrogens is 757 g/mol. The minimum atomic E-state index is 0.583. The van der Waals surface area contributed by atoms with E-state index in [4.69, 9.17) is 19.4 Å². The van der Waals surface area contributed by atoms with E-state index in [1.54, 1.807) is 0 Å². The Hall–Kier alpha value is -8.41. The molecule has 0 fully saturated rings. The predicted octanol–water partition coefficient (Wildman–Crippen LogP) is 14.9. The zero-order valence-corrected chi connectivity index (χ0v) is 33.5. The van der Waals surface area contributed by atoms with Crippen LogP contribution in [0.4, 0.5) is 0 Å². The molecule has 5 heteroatoms. The lowest BCUT2D eigenvalue weighted by Crippen LogP contribution is -2.00. The van der Waals surface area contributed by atoms with Gasteiger partial charge >= 0.3 is 0 Å². The molecule has 12 rings (SSSR count). The molecule has 0 radical (unpaired) electrons. The lowest BCUT2D eigenvalue weighted by molar-refractivity contribution is 0.669. The van der Waals surface area contributed by atoms with E-state index in [1.807, 2.05) is 36.4 Å². The Morgan fingerprint density at radius 3 is 1.39 bits per heavy atom. The van der Waals surface area contributed by atoms with E-state index in [0.717, 1.165) is 71.9 Å². The second-order valence-electron chi connectivity index (χ2n) is 15.6. The second-order valence-corrected chi connectivity index (χ2v) is 15.6. The molecule has 0 N–H and O–H groups in total. The van der Waals surface area contributed by atoms with Crippen molar-refractivity contribution in [1.29, 1.82) is 0 Å². The monoisotopic (exact) mass is 792 g/mol. The van der Waals surface area contributed by atoms with E-state index in [2.05, 4.69) is 187 Å². The first-order valence-corrected chi connectivity index (χ1v) is 20.8. The number of para-hydroxylation sites is 1. The standard InChI is InChI=1S/C57H36N4O/c1-4-14-37(15-5-1)41-20-12-21-42(32-41)39-26-29-46(30-27-39)61-51-25-11-10-24-47(51)49-36-54-50(35-52(49)61)48-31-28-45(34-53(48)62-54)57-59-55(40-18-8-3-9-19-40)58-56(60-57)44-23-13-22-43(33-44)38-16-6-2-7-17-38/h1-36H. The van der Waals surface area contributed by atoms with Gasteiger partial charge in [0.15, 0.2) is 17.5 Å². The average molecular weight is 793 g/mol. The van der Waals surface area contributed by atoms with E-state index in [1.165, 1.54) is 27.6 Å². The summed E-state index contributed by atoms with van der Waals surface area (Å²) in [6, 6.07) is 76.4. The van der Waals surface area contributed by atoms with Gasteiger partial charge in [-0.25, -0.2) is 15.0 Å². The molecular formula is C57H36N4O. The van der Waals surface area contributed by atoms with Gasteiger partial charge in [-0.05, 0) is 88.0 Å². The molecule has 0 aliphatic rings. The van der Waals surface area contributed by atoms with Crippen LogP contribution in [-0.2, 0) is 0 Å². The van der Waals surface area contributed by atoms with Crippen LogP contribution in [0.25, 0.3) is 117 Å². The number of rotatable bonds is 7. The summed E-state index contributed by atoms with van der Waals surface area (Å²) in [6.07, 6.45) is 0. The fourth-order valence-corrected chi connectivity index (χ4v) is 8.79. The summed E-state index contributed by atoms with van der Waals surface area (Å²) in [5.74, 6) is 1.81. The maximum absolute atomic E-state index is 6.71. The summed E-state index contributed by atoms with van der Waals surface area (Å²) in [4.78, 5) is 15.1. The number of aromatic nitrogens is 4. The Labute approximate surface area is 357 Å². The molecule has 0 saturated heterocycles. The minimum Gasteiger partial charge on any atom is -0.456 e. The van der Waals surface area contributed by atoms with Crippen molar-refractivity contribution in [3.63, 3.8) is 0 Å². The van der Waals surface area contributed by atoms with Crippen LogP contribution in [0, 0.1) is 0 Å². The van der Waals surface area contributed by atoms with Crippen molar-refractivity contribution in [1.82, 2.24) is 19.5 Å². The molecule has 5 nitrogen and oxygen atoms in total. The molecule has 0 saturated carbocycles. The van der Waals surface area contributed by atoms with Crippen molar-refractivity contribution >= 4 is 43.7 Å². The van der Waals surface area contributed by atoms with Crippen molar-refractivity contribution in [3.8, 4) is 73.2 Å². The highest BCUT2D eigenvalue weighted by Gasteiger charge is 2.19. The smallest absolute Gasteiger partial charge is 0.164 e. The number of fused-ring (bicyclic) bond motifs is 6. The molecule has 0 atom stereocenters. The Kier molecular flexibility index (Phi) is 8.42. The van der Waals surface area contributed by atoms with E-state index in [9.17, 15) is 0 Å². The number of hydrogen-bond donors (Lipinski definition) is 0. The molecule has 0 aliphatic carbocycles. The van der Waals surface area contributed by atoms with E-state index >= 15 is 0 Å². The van der Waals surface area contributed by atoms with Crippen LogP contribution in [0.1, 0.15) is 0 Å². The zero-order valence-electron chi connectivity index (χ0n) is 33.5. The van der Waals surface area contributed by atoms with E-state index in [0.29, 0.717) is 17.5 Å². The Bertz CT molecular complexity index is 3610. The van der Waals surface area contributed by atoms with Gasteiger partial charge in [0.05, 0.1) is 11.0 Å². The number of hydrogen-bond acceptors (Lipinski definition) is 4. The van der Waals surface area contributed by atoms with Crippen molar-refractivity contribution in [2.24, 2.45) is 0 Å². The number of benzene rings is 9. The molecule has 0 unspecified atom stereocenters. The first kappa shape index (κ1) is 35.5. The fourth-order valence-electron chi connectivity index (χ4n) is 8.79. The summed E-state index contributed by atoms with van der Waals surface area (Å²) < 4.78 is 9.07. The Balaban J connectivity index is 0.955. The molecule has 3 heterocycles. The maximum Gasteiger partial charge on any atom is 0.164 e. The molecule has 0 aliphatic heterocycles. The van der Waals surface area contributed by atoms with Gasteiger partial charge < -0.3 is 8.98 Å². The van der Waals surface area contributed by atoms with Gasteiger partial charge in [0, 0.05) is 43.9 Å². The van der Waals surface area contributed by atoms with Crippen LogP contribution in [0.15, 0.2) is 223 Å². The largest absolute Gasteiger partial charge is 0.456 e. The van der Waals surface area contributed by atoms with Gasteiger partial charge in [-0.2, -0.15) is 0 Å². The molecule has 0 amide bonds. The van der Waals surface area contributed by atoms with Gasteiger partial charge in [0.2, 0.25) is 0 Å². The summed E-state index contributed by atoms with van der Waals surface area (Å²) in [5, 5.41) is 4.40. The molecule has 3 aromatic heterocycles. The SMILES string of the molecule is c1ccc(-c2cccc(-c3ccc(-n4c5ccccc5c5cc6oc7cc(-c8nc(-c9ccccc9)nc(-c9cccc(-c%10ccccc%10)c9)n8)ccc7c6cc54)cc3)c2)cc1. The van der Waals surface area contributed by atoms with Gasteiger partial charge in [0.1, 0.15) is 11.2 Å². The quantitative estimate of drug-likeness (QED) is 0.161. The molecule has 12 aromatic rings. The van der Waals surface area contributed by atoms with Crippen LogP contribution in [0.3, 0.4) is 0 Å². The van der Waals surface area contributed by atoms with Crippen molar-refractivity contribution in [3.05, 3.63) is 218 Å². The fraction of sp³-hybridized carbons (Fsp3) is 0. The van der Waals surface area contributed by atoms with Gasteiger partial charge in [-0.3, -0.25) is 0 Å². The average Bonchev–Trinajstić information content (AvgIpc) is 3.88. The van der Waals surface area contributed by atoms with Crippen LogP contribution in [-0.4, -0.2) is 19.5 Å². The lowest BCUT2D eigenvalue weighted by atomic mass is 9.99. The summed E-state index contributed by atoms with van der Waals surface area (Å²) in [5.41, 5.74) is 14.7.